The van der Waals surface area contributed by atoms with Crippen LogP contribution in [0.25, 0.3) is 0 Å². The van der Waals surface area contributed by atoms with Crippen LogP contribution < -0.4 is 5.32 Å². The van der Waals surface area contributed by atoms with E-state index < -0.39 is 0 Å². The van der Waals surface area contributed by atoms with Crippen molar-refractivity contribution in [1.82, 2.24) is 10.2 Å². The van der Waals surface area contributed by atoms with Gasteiger partial charge in [-0.15, -0.1) is 0 Å². The van der Waals surface area contributed by atoms with Gasteiger partial charge < -0.3 is 5.32 Å². The fraction of sp³-hybridized carbons (Fsp3) is 0.889. The molecule has 0 spiro atoms. The van der Waals surface area contributed by atoms with Crippen molar-refractivity contribution in [2.45, 2.75) is 105 Å². The Morgan fingerprint density at radius 1 is 1.00 bits per heavy atom. The van der Waals surface area contributed by atoms with Gasteiger partial charge in [0.2, 0.25) is 0 Å². The lowest BCUT2D eigenvalue weighted by molar-refractivity contribution is -0.0808. The van der Waals surface area contributed by atoms with Gasteiger partial charge in [-0.2, -0.15) is 5.10 Å². The van der Waals surface area contributed by atoms with Gasteiger partial charge in [-0.1, -0.05) is 53.9 Å². The molecule has 3 saturated carbocycles. The average Bonchev–Trinajstić information content (AvgIpc) is 3.28. The molecule has 0 aromatic carbocycles. The van der Waals surface area contributed by atoms with Crippen LogP contribution in [0.2, 0.25) is 0 Å². The molecule has 4 unspecified atom stereocenters. The number of rotatable bonds is 5. The van der Waals surface area contributed by atoms with E-state index in [2.05, 4.69) is 56.3 Å². The SMILES string of the molecule is CC(C)CCCC(C)[C@H]1CCC2[C@@H]3CCC4Nc5[nH]ncc5C[C@]4(C)C3CC[C@@]21C. The molecule has 8 atom stereocenters. The summed E-state index contributed by atoms with van der Waals surface area (Å²) in [5.41, 5.74) is 2.43. The molecule has 1 aliphatic heterocycles. The molecule has 3 aliphatic carbocycles. The fourth-order valence-corrected chi connectivity index (χ4v) is 9.13. The van der Waals surface area contributed by atoms with Crippen molar-refractivity contribution in [3.8, 4) is 0 Å². The summed E-state index contributed by atoms with van der Waals surface area (Å²) in [5, 5.41) is 11.4. The molecule has 2 heterocycles. The first-order valence-electron chi connectivity index (χ1n) is 13.1. The van der Waals surface area contributed by atoms with Gasteiger partial charge in [-0.05, 0) is 91.3 Å². The topological polar surface area (TPSA) is 40.7 Å². The summed E-state index contributed by atoms with van der Waals surface area (Å²) >= 11 is 0. The fourth-order valence-electron chi connectivity index (χ4n) is 9.13. The number of nitrogens with zero attached hydrogens (tertiary/aromatic N) is 1. The molecule has 168 valence electrons. The zero-order valence-electron chi connectivity index (χ0n) is 20.1. The normalized spacial score (nSPS) is 43.3. The lowest BCUT2D eigenvalue weighted by Gasteiger charge is -2.60. The summed E-state index contributed by atoms with van der Waals surface area (Å²) in [6.07, 6.45) is 16.3. The summed E-state index contributed by atoms with van der Waals surface area (Å²) in [6, 6.07) is 0.628. The highest BCUT2D eigenvalue weighted by Gasteiger charge is 2.60. The Hall–Kier alpha value is -0.990. The molecule has 0 bridgehead atoms. The van der Waals surface area contributed by atoms with E-state index >= 15 is 0 Å². The Labute approximate surface area is 184 Å². The van der Waals surface area contributed by atoms with Gasteiger partial charge >= 0.3 is 0 Å². The largest absolute Gasteiger partial charge is 0.367 e. The number of aromatic amines is 1. The van der Waals surface area contributed by atoms with Gasteiger partial charge in [0.25, 0.3) is 0 Å². The number of anilines is 1. The maximum absolute atomic E-state index is 4.34. The molecule has 5 rings (SSSR count). The van der Waals surface area contributed by atoms with Crippen LogP contribution in [0, 0.1) is 46.3 Å². The monoisotopic (exact) mass is 411 g/mol. The van der Waals surface area contributed by atoms with Crippen LogP contribution in [0.15, 0.2) is 6.20 Å². The Kier molecular flexibility index (Phi) is 5.26. The number of hydrogen-bond donors (Lipinski definition) is 2. The second-order valence-corrected chi connectivity index (χ2v) is 12.6. The first-order valence-corrected chi connectivity index (χ1v) is 13.1. The van der Waals surface area contributed by atoms with E-state index in [1.165, 1.54) is 75.6 Å². The third kappa shape index (κ3) is 3.16. The number of H-pyrrole nitrogens is 1. The van der Waals surface area contributed by atoms with Gasteiger partial charge in [-0.25, -0.2) is 0 Å². The molecule has 2 N–H and O–H groups in total. The molecule has 1 aromatic heterocycles. The maximum atomic E-state index is 4.34. The Morgan fingerprint density at radius 3 is 2.60 bits per heavy atom. The Morgan fingerprint density at radius 2 is 1.80 bits per heavy atom. The van der Waals surface area contributed by atoms with Crippen LogP contribution in [0.1, 0.15) is 98.0 Å². The summed E-state index contributed by atoms with van der Waals surface area (Å²) in [6.45, 7) is 12.7. The van der Waals surface area contributed by atoms with E-state index in [1.54, 1.807) is 0 Å². The minimum Gasteiger partial charge on any atom is -0.367 e. The van der Waals surface area contributed by atoms with E-state index in [1.807, 2.05) is 0 Å². The average molecular weight is 412 g/mol. The quantitative estimate of drug-likeness (QED) is 0.544. The molecule has 3 nitrogen and oxygen atoms in total. The molecule has 1 aromatic rings. The molecule has 3 heteroatoms. The van der Waals surface area contributed by atoms with E-state index in [-0.39, 0.29) is 0 Å². The molecule has 3 fully saturated rings. The maximum Gasteiger partial charge on any atom is 0.124 e. The second-order valence-electron chi connectivity index (χ2n) is 12.6. The van der Waals surface area contributed by atoms with Gasteiger partial charge in [0.05, 0.1) is 6.20 Å². The van der Waals surface area contributed by atoms with Crippen LogP contribution in [-0.2, 0) is 6.42 Å². The van der Waals surface area contributed by atoms with Crippen molar-refractivity contribution >= 4 is 5.82 Å². The van der Waals surface area contributed by atoms with E-state index in [4.69, 9.17) is 0 Å². The first kappa shape index (κ1) is 20.9. The van der Waals surface area contributed by atoms with Gasteiger partial charge in [0.15, 0.2) is 0 Å². The summed E-state index contributed by atoms with van der Waals surface area (Å²) in [5.74, 6) is 6.74. The molecular weight excluding hydrogens is 366 g/mol. The third-order valence-corrected chi connectivity index (χ3v) is 10.7. The summed E-state index contributed by atoms with van der Waals surface area (Å²) < 4.78 is 0. The van der Waals surface area contributed by atoms with Crippen molar-refractivity contribution in [1.29, 1.82) is 0 Å². The molecule has 0 radical (unpaired) electrons. The Bertz CT molecular complexity index is 753. The predicted octanol–water partition coefficient (Wildman–Crippen LogP) is 7.07. The minimum atomic E-state index is 0.405. The van der Waals surface area contributed by atoms with Crippen LogP contribution >= 0.6 is 0 Å². The standard InChI is InChI=1S/C27H45N3/c1-17(2)7-6-8-18(3)21-10-11-22-20-9-12-24-27(5,23(20)13-14-26(21,22)4)15-19-16-28-30-25(19)29-24/h16-18,20-24H,6-15H2,1-5H3,(H2,28,29,30)/t18?,20-,21+,22?,23?,24?,26+,27+/m0/s1. The number of aromatic nitrogens is 2. The molecule has 0 saturated heterocycles. The molecule has 4 aliphatic rings. The minimum absolute atomic E-state index is 0.405. The zero-order valence-corrected chi connectivity index (χ0v) is 20.1. The van der Waals surface area contributed by atoms with Crippen LogP contribution in [0.3, 0.4) is 0 Å². The second kappa shape index (κ2) is 7.55. The summed E-state index contributed by atoms with van der Waals surface area (Å²) in [4.78, 5) is 0. The van der Waals surface area contributed by atoms with E-state index in [0.717, 1.165) is 35.5 Å². The number of nitrogens with one attached hydrogen (secondary N) is 2. The van der Waals surface area contributed by atoms with Crippen molar-refractivity contribution in [2.24, 2.45) is 46.3 Å². The third-order valence-electron chi connectivity index (χ3n) is 10.7. The zero-order chi connectivity index (χ0) is 21.1. The van der Waals surface area contributed by atoms with Crippen molar-refractivity contribution in [2.75, 3.05) is 5.32 Å². The highest BCUT2D eigenvalue weighted by molar-refractivity contribution is 5.48. The van der Waals surface area contributed by atoms with E-state index in [0.29, 0.717) is 16.9 Å². The lowest BCUT2D eigenvalue weighted by Crippen LogP contribution is -2.58. The predicted molar refractivity (Wildman–Crippen MR) is 125 cm³/mol. The number of fused-ring (bicyclic) bond motifs is 6. The highest BCUT2D eigenvalue weighted by Crippen LogP contribution is 2.66. The Balaban J connectivity index is 1.33. The van der Waals surface area contributed by atoms with Crippen molar-refractivity contribution < 1.29 is 0 Å². The van der Waals surface area contributed by atoms with Crippen molar-refractivity contribution in [3.05, 3.63) is 11.8 Å². The smallest absolute Gasteiger partial charge is 0.124 e. The van der Waals surface area contributed by atoms with Crippen LogP contribution in [0.4, 0.5) is 5.82 Å². The highest BCUT2D eigenvalue weighted by atomic mass is 15.2. The summed E-state index contributed by atoms with van der Waals surface area (Å²) in [7, 11) is 0. The lowest BCUT2D eigenvalue weighted by atomic mass is 9.46. The first-order chi connectivity index (χ1) is 14.3. The number of hydrogen-bond acceptors (Lipinski definition) is 2. The molecular formula is C27H45N3. The molecule has 0 amide bonds. The van der Waals surface area contributed by atoms with Gasteiger partial charge in [-0.3, -0.25) is 5.10 Å². The van der Waals surface area contributed by atoms with Crippen LogP contribution in [0.5, 0.6) is 0 Å². The van der Waals surface area contributed by atoms with E-state index in [9.17, 15) is 0 Å². The van der Waals surface area contributed by atoms with Gasteiger partial charge in [0, 0.05) is 11.6 Å². The molecule has 30 heavy (non-hydrogen) atoms. The van der Waals surface area contributed by atoms with Gasteiger partial charge in [0.1, 0.15) is 5.82 Å². The van der Waals surface area contributed by atoms with Crippen molar-refractivity contribution in [3.63, 3.8) is 0 Å². The van der Waals surface area contributed by atoms with Crippen LogP contribution in [-0.4, -0.2) is 16.2 Å².